The van der Waals surface area contributed by atoms with Gasteiger partial charge in [-0.2, -0.15) is 0 Å². The summed E-state index contributed by atoms with van der Waals surface area (Å²) >= 11 is 0. The van der Waals surface area contributed by atoms with Crippen molar-refractivity contribution >= 4 is 35.0 Å². The van der Waals surface area contributed by atoms with E-state index in [9.17, 15) is 19.5 Å². The fraction of sp³-hybridized carbons (Fsp3) is 0.592. The van der Waals surface area contributed by atoms with E-state index in [0.29, 0.717) is 45.5 Å². The molecule has 3 aliphatic carbocycles. The highest BCUT2D eigenvalue weighted by atomic mass is 16.5. The number of aliphatic hydroxyl groups excluding tert-OH is 1. The zero-order valence-electron chi connectivity index (χ0n) is 37.6. The van der Waals surface area contributed by atoms with Crippen LogP contribution in [0.3, 0.4) is 0 Å². The van der Waals surface area contributed by atoms with Gasteiger partial charge in [0, 0.05) is 34.2 Å². The van der Waals surface area contributed by atoms with Crippen molar-refractivity contribution in [2.75, 3.05) is 11.9 Å². The molecule has 2 aromatic heterocycles. The molecule has 4 N–H and O–H groups in total. The van der Waals surface area contributed by atoms with E-state index in [1.165, 1.54) is 0 Å². The first-order valence-corrected chi connectivity index (χ1v) is 21.7. The lowest BCUT2D eigenvalue weighted by Crippen LogP contribution is -2.49. The van der Waals surface area contributed by atoms with Crippen LogP contribution in [0.4, 0.5) is 5.82 Å². The van der Waals surface area contributed by atoms with Gasteiger partial charge in [0.1, 0.15) is 29.2 Å². The van der Waals surface area contributed by atoms with E-state index in [-0.39, 0.29) is 69.5 Å². The van der Waals surface area contributed by atoms with Gasteiger partial charge in [0.15, 0.2) is 5.78 Å². The van der Waals surface area contributed by atoms with Crippen molar-refractivity contribution in [1.82, 2.24) is 9.97 Å². The molecule has 6 rings (SSSR count). The molecule has 0 saturated heterocycles. The lowest BCUT2D eigenvalue weighted by atomic mass is 9.59. The first-order valence-electron chi connectivity index (χ1n) is 21.7. The van der Waals surface area contributed by atoms with Crippen molar-refractivity contribution in [2.45, 2.75) is 134 Å². The standard InChI is InChI=1S/C49H67N3O7/c1-14-58-44(55)33-27(4)38(50-28(33)5)36-40(53)37(41(36)54)39-34(29-18-16-15-17-19-29)35(43(51-39)52-46(57)49(12,13)30-21-20-25(2)22-30)45(56)59-42-31(47(6,7)8)23-26(3)24-32(42)48(9,10)11/h15-19,25-26,30-32,36,42,50-51,53H,14,20-24H2,1-13H3,(H,52,57). The number of aliphatic hydroxyl groups is 1. The number of hydrogen-bond donors (Lipinski definition) is 4. The summed E-state index contributed by atoms with van der Waals surface area (Å²) in [6, 6.07) is 9.25. The van der Waals surface area contributed by atoms with Crippen molar-refractivity contribution in [2.24, 2.45) is 45.8 Å². The van der Waals surface area contributed by atoms with Crippen LogP contribution in [-0.2, 0) is 19.1 Å². The number of benzene rings is 1. The van der Waals surface area contributed by atoms with Crippen LogP contribution in [0.1, 0.15) is 158 Å². The number of aromatic amines is 2. The largest absolute Gasteiger partial charge is 0.510 e. The summed E-state index contributed by atoms with van der Waals surface area (Å²) in [6.07, 6.45) is 4.29. The molecule has 0 bridgehead atoms. The molecule has 2 saturated carbocycles. The topological polar surface area (TPSA) is 151 Å². The van der Waals surface area contributed by atoms with Gasteiger partial charge in [-0.25, -0.2) is 9.59 Å². The van der Waals surface area contributed by atoms with Crippen molar-refractivity contribution < 1.29 is 33.8 Å². The Morgan fingerprint density at radius 2 is 1.44 bits per heavy atom. The number of anilines is 1. The summed E-state index contributed by atoms with van der Waals surface area (Å²) in [7, 11) is 0. The Kier molecular flexibility index (Phi) is 12.0. The van der Waals surface area contributed by atoms with E-state index in [4.69, 9.17) is 9.47 Å². The summed E-state index contributed by atoms with van der Waals surface area (Å²) < 4.78 is 12.1. The first-order chi connectivity index (χ1) is 27.5. The number of hydrogen-bond acceptors (Lipinski definition) is 7. The van der Waals surface area contributed by atoms with Gasteiger partial charge in [0.25, 0.3) is 0 Å². The maximum atomic E-state index is 15.3. The third kappa shape index (κ3) is 8.17. The maximum absolute atomic E-state index is 15.3. The molecule has 0 radical (unpaired) electrons. The molecule has 2 heterocycles. The van der Waals surface area contributed by atoms with Gasteiger partial charge >= 0.3 is 11.9 Å². The highest BCUT2D eigenvalue weighted by Crippen LogP contribution is 2.52. The molecule has 3 aliphatic rings. The number of aromatic nitrogens is 2. The third-order valence-electron chi connectivity index (χ3n) is 13.9. The number of esters is 2. The number of carbonyl (C=O) groups is 4. The third-order valence-corrected chi connectivity index (χ3v) is 13.9. The summed E-state index contributed by atoms with van der Waals surface area (Å²) in [6.45, 7) is 27.0. The predicted octanol–water partition coefficient (Wildman–Crippen LogP) is 11.1. The van der Waals surface area contributed by atoms with Gasteiger partial charge in [-0.05, 0) is 86.2 Å². The van der Waals surface area contributed by atoms with Gasteiger partial charge in [-0.1, -0.05) is 106 Å². The number of Topliss-reactive ketones (excluding diaryl/α,β-unsaturated/α-hetero) is 1. The number of ether oxygens (including phenoxy) is 2. The fourth-order valence-corrected chi connectivity index (χ4v) is 10.3. The first kappa shape index (κ1) is 44.0. The molecule has 1 amide bonds. The number of H-pyrrole nitrogens is 2. The molecule has 1 aromatic carbocycles. The van der Waals surface area contributed by atoms with E-state index in [2.05, 4.69) is 70.7 Å². The Morgan fingerprint density at radius 1 is 0.831 bits per heavy atom. The summed E-state index contributed by atoms with van der Waals surface area (Å²) in [5.74, 6) is -1.69. The van der Waals surface area contributed by atoms with Gasteiger partial charge in [0.05, 0.1) is 23.4 Å². The molecule has 0 spiro atoms. The van der Waals surface area contributed by atoms with Crippen LogP contribution in [0.2, 0.25) is 0 Å². The smallest absolute Gasteiger partial charge is 0.342 e. The number of allylic oxidation sites excluding steroid dienone is 2. The number of nitrogens with one attached hydrogen (secondary N) is 3. The van der Waals surface area contributed by atoms with Crippen molar-refractivity contribution in [1.29, 1.82) is 0 Å². The van der Waals surface area contributed by atoms with Crippen LogP contribution < -0.4 is 5.32 Å². The second-order valence-corrected chi connectivity index (χ2v) is 20.6. The normalized spacial score (nSPS) is 25.2. The monoisotopic (exact) mass is 809 g/mol. The van der Waals surface area contributed by atoms with Gasteiger partial charge < -0.3 is 29.9 Å². The summed E-state index contributed by atoms with van der Waals surface area (Å²) in [5, 5.41) is 15.1. The molecule has 59 heavy (non-hydrogen) atoms. The predicted molar refractivity (Wildman–Crippen MR) is 232 cm³/mol. The quantitative estimate of drug-likeness (QED) is 0.149. The Balaban J connectivity index is 1.53. The Bertz CT molecular complexity index is 2120. The molecule has 320 valence electrons. The minimum atomic E-state index is -1.07. The van der Waals surface area contributed by atoms with Crippen LogP contribution in [0.15, 0.2) is 36.1 Å². The molecule has 10 nitrogen and oxygen atoms in total. The lowest BCUT2D eigenvalue weighted by molar-refractivity contribution is -0.126. The summed E-state index contributed by atoms with van der Waals surface area (Å²) in [5.41, 5.74) is 1.98. The lowest BCUT2D eigenvalue weighted by Gasteiger charge is -2.50. The number of rotatable bonds is 10. The van der Waals surface area contributed by atoms with E-state index in [1.807, 2.05) is 44.2 Å². The van der Waals surface area contributed by atoms with E-state index >= 15 is 4.79 Å². The molecule has 0 aliphatic heterocycles. The zero-order chi connectivity index (χ0) is 43.5. The minimum Gasteiger partial charge on any atom is -0.510 e. The van der Waals surface area contributed by atoms with Gasteiger partial charge in [-0.3, -0.25) is 9.59 Å². The van der Waals surface area contributed by atoms with Crippen LogP contribution >= 0.6 is 0 Å². The van der Waals surface area contributed by atoms with E-state index in [1.54, 1.807) is 20.8 Å². The minimum absolute atomic E-state index is 0.00300. The Hall–Kier alpha value is -4.60. The maximum Gasteiger partial charge on any atom is 0.342 e. The van der Waals surface area contributed by atoms with Crippen LogP contribution in [0, 0.1) is 59.7 Å². The molecule has 10 heteroatoms. The molecule has 5 unspecified atom stereocenters. The second kappa shape index (κ2) is 16.1. The van der Waals surface area contributed by atoms with Gasteiger partial charge in [-0.15, -0.1) is 0 Å². The highest BCUT2D eigenvalue weighted by molar-refractivity contribution is 6.33. The molecule has 3 aromatic rings. The second-order valence-electron chi connectivity index (χ2n) is 20.6. The number of carbonyl (C=O) groups excluding carboxylic acids is 4. The Labute approximate surface area is 350 Å². The molecular weight excluding hydrogens is 743 g/mol. The van der Waals surface area contributed by atoms with Crippen molar-refractivity contribution in [3.05, 3.63) is 69.9 Å². The van der Waals surface area contributed by atoms with Crippen LogP contribution in [0.5, 0.6) is 0 Å². The number of amides is 1. The van der Waals surface area contributed by atoms with E-state index < -0.39 is 35.2 Å². The number of ketones is 1. The Morgan fingerprint density at radius 3 is 1.97 bits per heavy atom. The fourth-order valence-electron chi connectivity index (χ4n) is 10.3. The summed E-state index contributed by atoms with van der Waals surface area (Å²) in [4.78, 5) is 63.6. The van der Waals surface area contributed by atoms with Crippen molar-refractivity contribution in [3.63, 3.8) is 0 Å². The van der Waals surface area contributed by atoms with E-state index in [0.717, 1.165) is 32.1 Å². The van der Waals surface area contributed by atoms with Crippen LogP contribution in [0.25, 0.3) is 16.7 Å². The molecular formula is C49H67N3O7. The SMILES string of the molecule is CCOC(=O)c1c(C)[nH]c(C2C(=O)C(c3[nH]c(NC(=O)C(C)(C)C4CCC(C)C4)c(C(=O)OC4C(C(C)(C)C)CC(C)CC4C(C)(C)C)c3-c3ccccc3)=C2O)c1C. The highest BCUT2D eigenvalue weighted by Gasteiger charge is 2.50. The zero-order valence-corrected chi connectivity index (χ0v) is 37.6. The number of aryl methyl sites for hydroxylation is 1. The molecule has 2 fully saturated rings. The van der Waals surface area contributed by atoms with Crippen molar-refractivity contribution in [3.8, 4) is 11.1 Å². The average molecular weight is 810 g/mol. The van der Waals surface area contributed by atoms with Crippen LogP contribution in [-0.4, -0.2) is 51.4 Å². The van der Waals surface area contributed by atoms with Gasteiger partial charge in [0.2, 0.25) is 5.91 Å². The average Bonchev–Trinajstić information content (AvgIpc) is 3.83. The molecule has 5 atom stereocenters.